The van der Waals surface area contributed by atoms with Gasteiger partial charge in [0, 0.05) is 18.5 Å². The fourth-order valence-corrected chi connectivity index (χ4v) is 2.08. The molecule has 0 unspecified atom stereocenters. The zero-order valence-electron chi connectivity index (χ0n) is 11.9. The van der Waals surface area contributed by atoms with Crippen LogP contribution in [0.2, 0.25) is 0 Å². The zero-order chi connectivity index (χ0) is 14.8. The first-order valence-electron chi connectivity index (χ1n) is 6.10. The second kappa shape index (κ2) is 5.66. The van der Waals surface area contributed by atoms with Crippen LogP contribution in [-0.2, 0) is 17.3 Å². The van der Waals surface area contributed by atoms with Crippen molar-refractivity contribution in [3.63, 3.8) is 0 Å². The molecule has 0 aliphatic heterocycles. The van der Waals surface area contributed by atoms with Crippen LogP contribution >= 0.6 is 11.8 Å². The molecule has 8 heteroatoms. The molecule has 108 valence electrons. The minimum absolute atomic E-state index is 0.111. The van der Waals surface area contributed by atoms with Crippen LogP contribution in [0.25, 0.3) is 0 Å². The molecule has 20 heavy (non-hydrogen) atoms. The number of hydrogen-bond acceptors (Lipinski definition) is 6. The normalized spacial score (nSPS) is 11.6. The Bertz CT molecular complexity index is 599. The Hall–Kier alpha value is -1.83. The van der Waals surface area contributed by atoms with Gasteiger partial charge in [-0.15, -0.1) is 10.2 Å². The highest BCUT2D eigenvalue weighted by atomic mass is 32.2. The van der Waals surface area contributed by atoms with E-state index < -0.39 is 0 Å². The van der Waals surface area contributed by atoms with Crippen LogP contribution in [0.3, 0.4) is 0 Å². The molecule has 0 aromatic carbocycles. The van der Waals surface area contributed by atoms with Crippen molar-refractivity contribution in [2.45, 2.75) is 31.3 Å². The fraction of sp³-hybridized carbons (Fsp3) is 0.500. The molecule has 1 N–H and O–H groups in total. The molecular formula is C12H17N5O2S. The van der Waals surface area contributed by atoms with Gasteiger partial charge in [-0.05, 0) is 0 Å². The predicted octanol–water partition coefficient (Wildman–Crippen LogP) is 1.83. The van der Waals surface area contributed by atoms with Crippen LogP contribution in [0.1, 0.15) is 26.5 Å². The van der Waals surface area contributed by atoms with Gasteiger partial charge in [-0.25, -0.2) is 0 Å². The lowest BCUT2D eigenvalue weighted by atomic mass is 9.92. The molecule has 0 atom stereocenters. The van der Waals surface area contributed by atoms with Gasteiger partial charge in [0.2, 0.25) is 11.8 Å². The van der Waals surface area contributed by atoms with Gasteiger partial charge >= 0.3 is 0 Å². The van der Waals surface area contributed by atoms with E-state index in [9.17, 15) is 4.79 Å². The largest absolute Gasteiger partial charge is 0.338 e. The minimum Gasteiger partial charge on any atom is -0.338 e. The van der Waals surface area contributed by atoms with E-state index in [1.165, 1.54) is 11.8 Å². The van der Waals surface area contributed by atoms with Gasteiger partial charge in [0.1, 0.15) is 6.33 Å². The molecule has 2 heterocycles. The number of rotatable bonds is 4. The summed E-state index contributed by atoms with van der Waals surface area (Å²) < 4.78 is 6.85. The number of thioether (sulfide) groups is 1. The molecule has 0 aliphatic rings. The van der Waals surface area contributed by atoms with E-state index in [0.717, 1.165) is 5.69 Å². The third kappa shape index (κ3) is 3.60. The summed E-state index contributed by atoms with van der Waals surface area (Å²) in [7, 11) is 1.83. The van der Waals surface area contributed by atoms with Gasteiger partial charge in [0.15, 0.2) is 5.16 Å². The number of nitrogens with one attached hydrogen (secondary N) is 1. The summed E-state index contributed by atoms with van der Waals surface area (Å²) in [5.74, 6) is 0.422. The molecule has 0 radical (unpaired) electrons. The molecule has 0 fully saturated rings. The maximum atomic E-state index is 11.8. The third-order valence-electron chi connectivity index (χ3n) is 2.54. The van der Waals surface area contributed by atoms with Crippen LogP contribution in [0.5, 0.6) is 0 Å². The van der Waals surface area contributed by atoms with Crippen molar-refractivity contribution in [3.05, 3.63) is 18.1 Å². The Morgan fingerprint density at radius 1 is 1.50 bits per heavy atom. The lowest BCUT2D eigenvalue weighted by Gasteiger charge is -2.12. The monoisotopic (exact) mass is 295 g/mol. The van der Waals surface area contributed by atoms with Crippen molar-refractivity contribution >= 4 is 23.6 Å². The maximum Gasteiger partial charge on any atom is 0.237 e. The number of carbonyl (C=O) groups excluding carboxylic acids is 1. The first-order chi connectivity index (χ1) is 9.36. The molecule has 2 aromatic rings. The molecule has 2 aromatic heterocycles. The standard InChI is InChI=1S/C12H17N5O2S/c1-12(2,3)8-5-10(19-16-8)14-9(18)6-20-11-15-13-7-17(11)4/h5,7H,6H2,1-4H3,(H,14,18). The van der Waals surface area contributed by atoms with E-state index in [4.69, 9.17) is 4.52 Å². The van der Waals surface area contributed by atoms with Crippen molar-refractivity contribution in [2.24, 2.45) is 7.05 Å². The van der Waals surface area contributed by atoms with Crippen molar-refractivity contribution in [3.8, 4) is 0 Å². The number of nitrogens with zero attached hydrogens (tertiary/aromatic N) is 4. The summed E-state index contributed by atoms with van der Waals surface area (Å²) in [5, 5.41) is 14.9. The highest BCUT2D eigenvalue weighted by Gasteiger charge is 2.19. The van der Waals surface area contributed by atoms with Gasteiger partial charge in [0.25, 0.3) is 0 Å². The number of amides is 1. The van der Waals surface area contributed by atoms with Gasteiger partial charge in [0.05, 0.1) is 11.4 Å². The smallest absolute Gasteiger partial charge is 0.237 e. The minimum atomic E-state index is -0.172. The van der Waals surface area contributed by atoms with Gasteiger partial charge in [-0.2, -0.15) is 0 Å². The molecular weight excluding hydrogens is 278 g/mol. The first kappa shape index (κ1) is 14.6. The molecule has 0 aliphatic carbocycles. The summed E-state index contributed by atoms with van der Waals surface area (Å²) in [6.45, 7) is 6.08. The SMILES string of the molecule is Cn1cnnc1SCC(=O)Nc1cc(C(C)(C)C)no1. The van der Waals surface area contributed by atoms with Crippen molar-refractivity contribution in [2.75, 3.05) is 11.1 Å². The Labute approximate surface area is 121 Å². The fourth-order valence-electron chi connectivity index (χ4n) is 1.39. The molecule has 1 amide bonds. The average molecular weight is 295 g/mol. The van der Waals surface area contributed by atoms with Crippen LogP contribution < -0.4 is 5.32 Å². The quantitative estimate of drug-likeness (QED) is 0.866. The van der Waals surface area contributed by atoms with Gasteiger partial charge in [-0.3, -0.25) is 10.1 Å². The summed E-state index contributed by atoms with van der Waals surface area (Å²) in [5.41, 5.74) is 0.689. The number of hydrogen-bond donors (Lipinski definition) is 1. The third-order valence-corrected chi connectivity index (χ3v) is 3.58. The molecule has 0 bridgehead atoms. The summed E-state index contributed by atoms with van der Waals surface area (Å²) in [6.07, 6.45) is 1.59. The molecule has 0 saturated heterocycles. The second-order valence-electron chi connectivity index (χ2n) is 5.39. The van der Waals surface area contributed by atoms with Crippen LogP contribution in [0.15, 0.2) is 22.1 Å². The Kier molecular flexibility index (Phi) is 4.12. The van der Waals surface area contributed by atoms with E-state index in [1.54, 1.807) is 17.0 Å². The van der Waals surface area contributed by atoms with Crippen molar-refractivity contribution < 1.29 is 9.32 Å². The molecule has 0 spiro atoms. The van der Waals surface area contributed by atoms with E-state index in [1.807, 2.05) is 27.8 Å². The predicted molar refractivity (Wildman–Crippen MR) is 75.6 cm³/mol. The number of carbonyl (C=O) groups is 1. The maximum absolute atomic E-state index is 11.8. The van der Waals surface area contributed by atoms with Crippen LogP contribution in [0, 0.1) is 0 Å². The zero-order valence-corrected chi connectivity index (χ0v) is 12.7. The van der Waals surface area contributed by atoms with Gasteiger partial charge < -0.3 is 9.09 Å². The highest BCUT2D eigenvalue weighted by Crippen LogP contribution is 2.23. The lowest BCUT2D eigenvalue weighted by Crippen LogP contribution is -2.14. The van der Waals surface area contributed by atoms with E-state index in [2.05, 4.69) is 20.7 Å². The Morgan fingerprint density at radius 2 is 2.25 bits per heavy atom. The van der Waals surface area contributed by atoms with Crippen LogP contribution in [-0.4, -0.2) is 31.6 Å². The van der Waals surface area contributed by atoms with E-state index in [-0.39, 0.29) is 17.1 Å². The number of aromatic nitrogens is 4. The second-order valence-corrected chi connectivity index (χ2v) is 6.33. The Morgan fingerprint density at radius 3 is 2.80 bits per heavy atom. The number of aryl methyl sites for hydroxylation is 1. The highest BCUT2D eigenvalue weighted by molar-refractivity contribution is 7.99. The number of anilines is 1. The molecule has 7 nitrogen and oxygen atoms in total. The Balaban J connectivity index is 1.89. The topological polar surface area (TPSA) is 85.8 Å². The van der Waals surface area contributed by atoms with Crippen molar-refractivity contribution in [1.29, 1.82) is 0 Å². The first-order valence-corrected chi connectivity index (χ1v) is 7.08. The molecule has 2 rings (SSSR count). The average Bonchev–Trinajstić information content (AvgIpc) is 2.95. The summed E-state index contributed by atoms with van der Waals surface area (Å²) in [6, 6.07) is 1.74. The van der Waals surface area contributed by atoms with E-state index >= 15 is 0 Å². The summed E-state index contributed by atoms with van der Waals surface area (Å²) in [4.78, 5) is 11.8. The van der Waals surface area contributed by atoms with Crippen LogP contribution in [0.4, 0.5) is 5.88 Å². The summed E-state index contributed by atoms with van der Waals surface area (Å²) >= 11 is 1.31. The van der Waals surface area contributed by atoms with Crippen molar-refractivity contribution in [1.82, 2.24) is 19.9 Å². The lowest BCUT2D eigenvalue weighted by molar-refractivity contribution is -0.113. The van der Waals surface area contributed by atoms with Gasteiger partial charge in [-0.1, -0.05) is 37.7 Å². The van der Waals surface area contributed by atoms with E-state index in [0.29, 0.717) is 11.0 Å². The molecule has 0 saturated carbocycles.